The monoisotopic (exact) mass is 470 g/mol. The number of aromatic nitrogens is 2. The number of nitrogens with zero attached hydrogens (tertiary/aromatic N) is 3. The van der Waals surface area contributed by atoms with Crippen molar-refractivity contribution >= 4 is 16.9 Å². The molecule has 36 heavy (non-hydrogen) atoms. The number of benzene rings is 3. The van der Waals surface area contributed by atoms with E-state index in [9.17, 15) is 10.1 Å². The third-order valence-corrected chi connectivity index (χ3v) is 6.54. The fraction of sp³-hybridized carbons (Fsp3) is 0.100. The molecule has 1 N–H and O–H groups in total. The van der Waals surface area contributed by atoms with Gasteiger partial charge in [-0.05, 0) is 52.6 Å². The fourth-order valence-corrected chi connectivity index (χ4v) is 4.63. The van der Waals surface area contributed by atoms with E-state index in [-0.39, 0.29) is 5.91 Å². The van der Waals surface area contributed by atoms with Crippen LogP contribution in [0.15, 0.2) is 91.3 Å². The van der Waals surface area contributed by atoms with E-state index in [1.807, 2.05) is 90.1 Å². The van der Waals surface area contributed by atoms with Crippen LogP contribution in [0.3, 0.4) is 0 Å². The molecular formula is C30H22N4O2. The lowest BCUT2D eigenvalue weighted by molar-refractivity contribution is 0.0743. The van der Waals surface area contributed by atoms with Crippen LogP contribution in [0.5, 0.6) is 5.75 Å². The Balaban J connectivity index is 1.23. The van der Waals surface area contributed by atoms with Crippen LogP contribution in [-0.4, -0.2) is 33.9 Å². The maximum atomic E-state index is 13.4. The number of hydrogen-bond donors (Lipinski definition) is 1. The molecule has 3 aromatic carbocycles. The Kier molecular flexibility index (Phi) is 5.44. The summed E-state index contributed by atoms with van der Waals surface area (Å²) < 4.78 is 6.00. The number of carbonyl (C=O) groups is 1. The van der Waals surface area contributed by atoms with Gasteiger partial charge in [-0.1, -0.05) is 48.5 Å². The molecule has 0 fully saturated rings. The van der Waals surface area contributed by atoms with Crippen LogP contribution in [0.2, 0.25) is 0 Å². The summed E-state index contributed by atoms with van der Waals surface area (Å²) in [4.78, 5) is 22.8. The highest BCUT2D eigenvalue weighted by atomic mass is 16.5. The van der Waals surface area contributed by atoms with E-state index in [1.54, 1.807) is 0 Å². The predicted molar refractivity (Wildman–Crippen MR) is 138 cm³/mol. The molecule has 2 aromatic heterocycles. The van der Waals surface area contributed by atoms with E-state index in [1.165, 1.54) is 0 Å². The van der Waals surface area contributed by atoms with E-state index in [2.05, 4.69) is 22.1 Å². The Bertz CT molecular complexity index is 1630. The zero-order valence-electron chi connectivity index (χ0n) is 19.4. The SMILES string of the molecule is N#Cc1ccccc1-c1ccc(CN2CCOc3cc(-c4cnc5[nH]ccc5c4)ccc3C2=O)cc1. The predicted octanol–water partition coefficient (Wildman–Crippen LogP) is 5.80. The smallest absolute Gasteiger partial charge is 0.258 e. The van der Waals surface area contributed by atoms with Crippen molar-refractivity contribution in [3.05, 3.63) is 108 Å². The number of rotatable bonds is 4. The first-order valence-corrected chi connectivity index (χ1v) is 11.8. The minimum atomic E-state index is -0.0489. The zero-order valence-corrected chi connectivity index (χ0v) is 19.4. The number of aromatic amines is 1. The lowest BCUT2D eigenvalue weighted by atomic mass is 9.99. The topological polar surface area (TPSA) is 82.0 Å². The third kappa shape index (κ3) is 3.97. The van der Waals surface area contributed by atoms with Crippen molar-refractivity contribution in [1.29, 1.82) is 5.26 Å². The van der Waals surface area contributed by atoms with Gasteiger partial charge in [0.25, 0.3) is 5.91 Å². The van der Waals surface area contributed by atoms with Gasteiger partial charge in [-0.2, -0.15) is 5.26 Å². The van der Waals surface area contributed by atoms with Crippen LogP contribution in [-0.2, 0) is 6.54 Å². The van der Waals surface area contributed by atoms with Crippen LogP contribution in [0.4, 0.5) is 0 Å². The van der Waals surface area contributed by atoms with Gasteiger partial charge < -0.3 is 14.6 Å². The normalized spacial score (nSPS) is 13.1. The molecule has 0 atom stereocenters. The third-order valence-electron chi connectivity index (χ3n) is 6.54. The highest BCUT2D eigenvalue weighted by Crippen LogP contribution is 2.31. The molecule has 0 spiro atoms. The summed E-state index contributed by atoms with van der Waals surface area (Å²) in [6.45, 7) is 1.40. The number of nitrogens with one attached hydrogen (secondary N) is 1. The molecule has 0 aliphatic carbocycles. The van der Waals surface area contributed by atoms with Gasteiger partial charge in [0.1, 0.15) is 18.0 Å². The lowest BCUT2D eigenvalue weighted by Gasteiger charge is -2.20. The molecule has 3 heterocycles. The van der Waals surface area contributed by atoms with Gasteiger partial charge in [-0.25, -0.2) is 4.98 Å². The van der Waals surface area contributed by atoms with E-state index < -0.39 is 0 Å². The fourth-order valence-electron chi connectivity index (χ4n) is 4.63. The molecular weight excluding hydrogens is 448 g/mol. The van der Waals surface area contributed by atoms with Crippen LogP contribution in [0.1, 0.15) is 21.5 Å². The van der Waals surface area contributed by atoms with Gasteiger partial charge >= 0.3 is 0 Å². The quantitative estimate of drug-likeness (QED) is 0.360. The number of ether oxygens (including phenoxy) is 1. The number of H-pyrrole nitrogens is 1. The Hall–Kier alpha value is -4.89. The van der Waals surface area contributed by atoms with Crippen LogP contribution < -0.4 is 4.74 Å². The Morgan fingerprint density at radius 1 is 0.944 bits per heavy atom. The number of hydrogen-bond acceptors (Lipinski definition) is 4. The van der Waals surface area contributed by atoms with Crippen molar-refractivity contribution in [3.63, 3.8) is 0 Å². The molecule has 0 saturated carbocycles. The van der Waals surface area contributed by atoms with Crippen LogP contribution in [0.25, 0.3) is 33.3 Å². The number of amides is 1. The molecule has 0 radical (unpaired) electrons. The highest BCUT2D eigenvalue weighted by molar-refractivity contribution is 5.98. The Morgan fingerprint density at radius 2 is 1.78 bits per heavy atom. The summed E-state index contributed by atoms with van der Waals surface area (Å²) in [5.74, 6) is 0.546. The molecule has 0 saturated heterocycles. The number of fused-ring (bicyclic) bond motifs is 2. The van der Waals surface area contributed by atoms with E-state index >= 15 is 0 Å². The van der Waals surface area contributed by atoms with Gasteiger partial charge in [-0.15, -0.1) is 0 Å². The standard InChI is InChI=1S/C30H22N4O2/c31-17-24-3-1-2-4-26(24)21-7-5-20(6-8-21)19-34-13-14-36-28-16-22(9-10-27(28)30(34)35)25-15-23-11-12-32-29(23)33-18-25/h1-12,15-16,18H,13-14,19H2,(H,32,33). The van der Waals surface area contributed by atoms with Gasteiger partial charge in [-0.3, -0.25) is 4.79 Å². The van der Waals surface area contributed by atoms with Crippen molar-refractivity contribution in [2.75, 3.05) is 13.2 Å². The summed E-state index contributed by atoms with van der Waals surface area (Å²) in [7, 11) is 0. The molecule has 6 rings (SSSR count). The summed E-state index contributed by atoms with van der Waals surface area (Å²) in [6, 6.07) is 27.6. The minimum Gasteiger partial charge on any atom is -0.491 e. The molecule has 6 heteroatoms. The van der Waals surface area contributed by atoms with Gasteiger partial charge in [0, 0.05) is 29.9 Å². The summed E-state index contributed by atoms with van der Waals surface area (Å²) >= 11 is 0. The maximum Gasteiger partial charge on any atom is 0.258 e. The molecule has 1 amide bonds. The zero-order chi connectivity index (χ0) is 24.5. The summed E-state index contributed by atoms with van der Waals surface area (Å²) in [5, 5.41) is 10.4. The Morgan fingerprint density at radius 3 is 2.64 bits per heavy atom. The average molecular weight is 471 g/mol. The number of nitriles is 1. The highest BCUT2D eigenvalue weighted by Gasteiger charge is 2.24. The molecule has 5 aromatic rings. The lowest BCUT2D eigenvalue weighted by Crippen LogP contribution is -2.31. The van der Waals surface area contributed by atoms with Crippen molar-refractivity contribution in [2.24, 2.45) is 0 Å². The van der Waals surface area contributed by atoms with Gasteiger partial charge in [0.15, 0.2) is 0 Å². The van der Waals surface area contributed by atoms with Crippen molar-refractivity contribution in [1.82, 2.24) is 14.9 Å². The van der Waals surface area contributed by atoms with Crippen LogP contribution >= 0.6 is 0 Å². The first kappa shape index (κ1) is 21.6. The second kappa shape index (κ2) is 9.05. The van der Waals surface area contributed by atoms with Gasteiger partial charge in [0.2, 0.25) is 0 Å². The second-order valence-corrected chi connectivity index (χ2v) is 8.78. The summed E-state index contributed by atoms with van der Waals surface area (Å²) in [6.07, 6.45) is 3.69. The molecule has 1 aliphatic rings. The number of carbonyl (C=O) groups excluding carboxylic acids is 1. The first-order chi connectivity index (χ1) is 17.7. The molecule has 0 bridgehead atoms. The minimum absolute atomic E-state index is 0.0489. The molecule has 174 valence electrons. The second-order valence-electron chi connectivity index (χ2n) is 8.78. The van der Waals surface area contributed by atoms with Crippen molar-refractivity contribution in [2.45, 2.75) is 6.54 Å². The molecule has 1 aliphatic heterocycles. The van der Waals surface area contributed by atoms with E-state index in [0.29, 0.717) is 36.6 Å². The average Bonchev–Trinajstić information content (AvgIpc) is 3.34. The van der Waals surface area contributed by atoms with Crippen molar-refractivity contribution < 1.29 is 9.53 Å². The molecule has 6 nitrogen and oxygen atoms in total. The van der Waals surface area contributed by atoms with Crippen molar-refractivity contribution in [3.8, 4) is 34.1 Å². The Labute approximate surface area is 208 Å². The largest absolute Gasteiger partial charge is 0.491 e. The maximum absolute atomic E-state index is 13.4. The van der Waals surface area contributed by atoms with Crippen LogP contribution in [0, 0.1) is 11.3 Å². The molecule has 0 unspecified atom stereocenters. The van der Waals surface area contributed by atoms with Gasteiger partial charge in [0.05, 0.1) is 23.7 Å². The first-order valence-electron chi connectivity index (χ1n) is 11.8. The summed E-state index contributed by atoms with van der Waals surface area (Å²) in [5.41, 5.74) is 6.88. The van der Waals surface area contributed by atoms with E-state index in [4.69, 9.17) is 4.74 Å². The number of pyridine rings is 1. The van der Waals surface area contributed by atoms with E-state index in [0.717, 1.165) is 38.9 Å².